The van der Waals surface area contributed by atoms with Crippen molar-refractivity contribution in [3.63, 3.8) is 0 Å². The third-order valence-corrected chi connectivity index (χ3v) is 7.37. The maximum absolute atomic E-state index is 10.4. The molecule has 1 N–H and O–H groups in total. The third kappa shape index (κ3) is 4.81. The van der Waals surface area contributed by atoms with Crippen molar-refractivity contribution >= 4 is 0 Å². The molecule has 3 fully saturated rings. The summed E-state index contributed by atoms with van der Waals surface area (Å²) in [5.74, 6) is 2.58. The van der Waals surface area contributed by atoms with E-state index in [0.29, 0.717) is 12.6 Å². The molecule has 6 heteroatoms. The molecule has 0 radical (unpaired) electrons. The maximum atomic E-state index is 10.4. The van der Waals surface area contributed by atoms with E-state index in [0.717, 1.165) is 62.5 Å². The number of likely N-dealkylation sites (tertiary alicyclic amines) is 2. The van der Waals surface area contributed by atoms with Gasteiger partial charge in [0, 0.05) is 45.0 Å². The summed E-state index contributed by atoms with van der Waals surface area (Å²) in [6.45, 7) is 10.7. The van der Waals surface area contributed by atoms with Crippen molar-refractivity contribution in [1.82, 2.24) is 19.6 Å². The second-order valence-electron chi connectivity index (χ2n) is 10.00. The normalized spacial score (nSPS) is 25.5. The van der Waals surface area contributed by atoms with Crippen LogP contribution in [0.25, 0.3) is 0 Å². The standard InChI is InChI=1S/C25H36N4O2/c1-18-10-19(2)29(26-18)23-14-27(15-23)11-20-6-8-25(9-7-20)31-17-24(30)16-28-12-21-4-3-5-22(21)13-28/h6-10,21-24,30H,3-5,11-17H2,1-2H3/t21-,22+,24?. The zero-order valence-corrected chi connectivity index (χ0v) is 18.9. The van der Waals surface area contributed by atoms with Gasteiger partial charge >= 0.3 is 0 Å². The molecule has 31 heavy (non-hydrogen) atoms. The molecule has 1 aromatic carbocycles. The minimum absolute atomic E-state index is 0.363. The minimum atomic E-state index is -0.425. The smallest absolute Gasteiger partial charge is 0.119 e. The van der Waals surface area contributed by atoms with Gasteiger partial charge in [-0.05, 0) is 62.3 Å². The van der Waals surface area contributed by atoms with E-state index in [2.05, 4.69) is 51.6 Å². The van der Waals surface area contributed by atoms with Gasteiger partial charge in [0.2, 0.25) is 0 Å². The summed E-state index contributed by atoms with van der Waals surface area (Å²) >= 11 is 0. The fraction of sp³-hybridized carbons (Fsp3) is 0.640. The molecule has 1 aliphatic carbocycles. The van der Waals surface area contributed by atoms with E-state index in [1.807, 2.05) is 12.1 Å². The van der Waals surface area contributed by atoms with Crippen molar-refractivity contribution in [2.24, 2.45) is 11.8 Å². The molecule has 5 rings (SSSR count). The van der Waals surface area contributed by atoms with Crippen LogP contribution in [0.1, 0.15) is 42.3 Å². The van der Waals surface area contributed by atoms with Crippen LogP contribution in [0.15, 0.2) is 30.3 Å². The molecule has 2 aliphatic heterocycles. The van der Waals surface area contributed by atoms with Crippen LogP contribution >= 0.6 is 0 Å². The van der Waals surface area contributed by atoms with Gasteiger partial charge in [-0.15, -0.1) is 0 Å². The molecule has 6 nitrogen and oxygen atoms in total. The molecule has 1 saturated carbocycles. The number of hydrogen-bond acceptors (Lipinski definition) is 5. The van der Waals surface area contributed by atoms with E-state index in [9.17, 15) is 5.11 Å². The van der Waals surface area contributed by atoms with Crippen LogP contribution in [0, 0.1) is 25.7 Å². The number of benzene rings is 1. The third-order valence-electron chi connectivity index (χ3n) is 7.37. The lowest BCUT2D eigenvalue weighted by Gasteiger charge is -2.39. The molecular weight excluding hydrogens is 388 g/mol. The van der Waals surface area contributed by atoms with E-state index < -0.39 is 6.10 Å². The maximum Gasteiger partial charge on any atom is 0.119 e. The molecule has 168 valence electrons. The van der Waals surface area contributed by atoms with E-state index in [1.165, 1.54) is 30.5 Å². The number of rotatable bonds is 8. The average Bonchev–Trinajstić information content (AvgIpc) is 3.38. The number of nitrogens with zero attached hydrogens (tertiary/aromatic N) is 4. The Morgan fingerprint density at radius 3 is 2.39 bits per heavy atom. The number of aliphatic hydroxyl groups excluding tert-OH is 1. The summed E-state index contributed by atoms with van der Waals surface area (Å²) in [5, 5.41) is 15.0. The lowest BCUT2D eigenvalue weighted by atomic mass is 10.0. The van der Waals surface area contributed by atoms with Crippen molar-refractivity contribution in [2.45, 2.75) is 51.8 Å². The van der Waals surface area contributed by atoms with Crippen molar-refractivity contribution in [1.29, 1.82) is 0 Å². The van der Waals surface area contributed by atoms with E-state index in [-0.39, 0.29) is 0 Å². The Hall–Kier alpha value is -1.89. The predicted molar refractivity (Wildman–Crippen MR) is 121 cm³/mol. The monoisotopic (exact) mass is 424 g/mol. The van der Waals surface area contributed by atoms with Gasteiger partial charge in [0.25, 0.3) is 0 Å². The predicted octanol–water partition coefficient (Wildman–Crippen LogP) is 3.03. The van der Waals surface area contributed by atoms with Gasteiger partial charge in [-0.25, -0.2) is 0 Å². The average molecular weight is 425 g/mol. The van der Waals surface area contributed by atoms with Gasteiger partial charge < -0.3 is 14.7 Å². The quantitative estimate of drug-likeness (QED) is 0.706. The molecule has 0 spiro atoms. The summed E-state index contributed by atoms with van der Waals surface area (Å²) in [6.07, 6.45) is 3.72. The molecule has 3 atom stereocenters. The first-order valence-electron chi connectivity index (χ1n) is 11.9. The number of fused-ring (bicyclic) bond motifs is 1. The minimum Gasteiger partial charge on any atom is -0.491 e. The SMILES string of the molecule is Cc1cc(C)n(C2CN(Cc3ccc(OCC(O)CN4C[C@H]5CCC[C@H]5C4)cc3)C2)n1. The van der Waals surface area contributed by atoms with Gasteiger partial charge in [-0.3, -0.25) is 9.58 Å². The lowest BCUT2D eigenvalue weighted by molar-refractivity contribution is 0.0733. The van der Waals surface area contributed by atoms with Crippen molar-refractivity contribution in [3.05, 3.63) is 47.3 Å². The van der Waals surface area contributed by atoms with Crippen LogP contribution in [-0.4, -0.2) is 70.1 Å². The number of aliphatic hydroxyl groups is 1. The van der Waals surface area contributed by atoms with Crippen molar-refractivity contribution in [3.8, 4) is 5.75 Å². The van der Waals surface area contributed by atoms with Crippen LogP contribution in [0.4, 0.5) is 0 Å². The van der Waals surface area contributed by atoms with Gasteiger partial charge in [0.15, 0.2) is 0 Å². The Labute approximate surface area is 185 Å². The second-order valence-corrected chi connectivity index (χ2v) is 10.00. The van der Waals surface area contributed by atoms with Crippen LogP contribution in [0.5, 0.6) is 5.75 Å². The number of aromatic nitrogens is 2. The first-order valence-corrected chi connectivity index (χ1v) is 11.9. The Morgan fingerprint density at radius 1 is 1.03 bits per heavy atom. The zero-order chi connectivity index (χ0) is 21.4. The van der Waals surface area contributed by atoms with E-state index in [1.54, 1.807) is 0 Å². The highest BCUT2D eigenvalue weighted by Crippen LogP contribution is 2.37. The fourth-order valence-electron chi connectivity index (χ4n) is 5.82. The van der Waals surface area contributed by atoms with Crippen molar-refractivity contribution in [2.75, 3.05) is 39.3 Å². The molecule has 2 aromatic rings. The molecule has 1 unspecified atom stereocenters. The van der Waals surface area contributed by atoms with E-state index in [4.69, 9.17) is 4.74 Å². The first kappa shape index (κ1) is 21.0. The molecule has 3 heterocycles. The van der Waals surface area contributed by atoms with Gasteiger partial charge in [-0.2, -0.15) is 5.10 Å². The molecule has 0 amide bonds. The molecule has 0 bridgehead atoms. The highest BCUT2D eigenvalue weighted by atomic mass is 16.5. The van der Waals surface area contributed by atoms with E-state index >= 15 is 0 Å². The van der Waals surface area contributed by atoms with Gasteiger partial charge in [0.1, 0.15) is 18.5 Å². The highest BCUT2D eigenvalue weighted by molar-refractivity contribution is 5.27. The number of ether oxygens (including phenoxy) is 1. The Bertz CT molecular complexity index is 862. The van der Waals surface area contributed by atoms with Gasteiger partial charge in [-0.1, -0.05) is 18.6 Å². The highest BCUT2D eigenvalue weighted by Gasteiger charge is 2.36. The van der Waals surface area contributed by atoms with Crippen LogP contribution < -0.4 is 4.74 Å². The summed E-state index contributed by atoms with van der Waals surface area (Å²) in [6, 6.07) is 11.0. The lowest BCUT2D eigenvalue weighted by Crippen LogP contribution is -2.47. The second kappa shape index (κ2) is 8.93. The summed E-state index contributed by atoms with van der Waals surface area (Å²) in [7, 11) is 0. The number of hydrogen-bond donors (Lipinski definition) is 1. The van der Waals surface area contributed by atoms with Crippen LogP contribution in [-0.2, 0) is 6.54 Å². The molecule has 1 aromatic heterocycles. The Kier molecular flexibility index (Phi) is 6.04. The van der Waals surface area contributed by atoms with Gasteiger partial charge in [0.05, 0.1) is 11.7 Å². The Morgan fingerprint density at radius 2 is 1.74 bits per heavy atom. The number of aryl methyl sites for hydroxylation is 2. The summed E-state index contributed by atoms with van der Waals surface area (Å²) < 4.78 is 8.03. The molecular formula is C25H36N4O2. The molecule has 2 saturated heterocycles. The molecule has 3 aliphatic rings. The van der Waals surface area contributed by atoms with Crippen LogP contribution in [0.2, 0.25) is 0 Å². The topological polar surface area (TPSA) is 53.8 Å². The summed E-state index contributed by atoms with van der Waals surface area (Å²) in [5.41, 5.74) is 3.64. The zero-order valence-electron chi connectivity index (χ0n) is 18.9. The number of β-amino-alcohol motifs (C(OH)–C–C–N with tert-alkyl or cyclic N) is 1. The first-order chi connectivity index (χ1) is 15.0. The van der Waals surface area contributed by atoms with Crippen LogP contribution in [0.3, 0.4) is 0 Å². The largest absolute Gasteiger partial charge is 0.491 e. The summed E-state index contributed by atoms with van der Waals surface area (Å²) in [4.78, 5) is 4.88. The fourth-order valence-corrected chi connectivity index (χ4v) is 5.82. The van der Waals surface area contributed by atoms with Crippen molar-refractivity contribution < 1.29 is 9.84 Å². The Balaban J connectivity index is 1.03.